The molecule has 10 heteroatoms. The quantitative estimate of drug-likeness (QED) is 0.711. The zero-order valence-electron chi connectivity index (χ0n) is 15.7. The third kappa shape index (κ3) is 4.85. The van der Waals surface area contributed by atoms with Gasteiger partial charge in [-0.2, -0.15) is 5.26 Å². The molecule has 8 nitrogen and oxygen atoms in total. The number of ether oxygens (including phenoxy) is 1. The van der Waals surface area contributed by atoms with Crippen molar-refractivity contribution in [2.45, 2.75) is 42.5 Å². The van der Waals surface area contributed by atoms with Gasteiger partial charge in [-0.15, -0.1) is 0 Å². The Morgan fingerprint density at radius 2 is 1.93 bits per heavy atom. The molecule has 1 N–H and O–H groups in total. The molecule has 0 heterocycles. The van der Waals surface area contributed by atoms with Gasteiger partial charge in [0.2, 0.25) is 10.0 Å². The predicted octanol–water partition coefficient (Wildman–Crippen LogP) is 1.58. The molecule has 0 atom stereocenters. The molecule has 1 aromatic rings. The summed E-state index contributed by atoms with van der Waals surface area (Å²) in [5.41, 5.74) is -1.57. The summed E-state index contributed by atoms with van der Waals surface area (Å²) in [6, 6.07) is 4.85. The van der Waals surface area contributed by atoms with Crippen molar-refractivity contribution in [3.05, 3.63) is 29.6 Å². The summed E-state index contributed by atoms with van der Waals surface area (Å²) in [5, 5.41) is 11.9. The van der Waals surface area contributed by atoms with Gasteiger partial charge in [-0.05, 0) is 31.0 Å². The molecular weight excluding hydrogens is 389 g/mol. The van der Waals surface area contributed by atoms with E-state index in [-0.39, 0.29) is 4.90 Å². The van der Waals surface area contributed by atoms with Gasteiger partial charge < -0.3 is 10.1 Å². The molecule has 1 amide bonds. The molecule has 1 aliphatic rings. The Kier molecular flexibility index (Phi) is 6.74. The summed E-state index contributed by atoms with van der Waals surface area (Å²) in [4.78, 5) is 23.9. The second kappa shape index (κ2) is 8.67. The van der Waals surface area contributed by atoms with E-state index in [1.165, 1.54) is 14.1 Å². The van der Waals surface area contributed by atoms with Crippen molar-refractivity contribution in [2.75, 3.05) is 20.7 Å². The number of rotatable bonds is 6. The lowest BCUT2D eigenvalue weighted by Gasteiger charge is -2.31. The van der Waals surface area contributed by atoms with Crippen LogP contribution in [0.3, 0.4) is 0 Å². The Hall–Kier alpha value is -2.51. The number of sulfonamides is 1. The van der Waals surface area contributed by atoms with E-state index in [1.807, 2.05) is 0 Å². The largest absolute Gasteiger partial charge is 0.452 e. The number of carbonyl (C=O) groups is 2. The van der Waals surface area contributed by atoms with Gasteiger partial charge in [0, 0.05) is 14.1 Å². The van der Waals surface area contributed by atoms with Gasteiger partial charge in [0.25, 0.3) is 5.91 Å². The number of hydrogen-bond donors (Lipinski definition) is 1. The van der Waals surface area contributed by atoms with Crippen molar-refractivity contribution in [1.82, 2.24) is 9.62 Å². The molecule has 0 spiro atoms. The third-order valence-electron chi connectivity index (χ3n) is 4.57. The van der Waals surface area contributed by atoms with E-state index in [0.29, 0.717) is 12.8 Å². The molecule has 1 saturated carbocycles. The first-order valence-electron chi connectivity index (χ1n) is 8.73. The third-order valence-corrected chi connectivity index (χ3v) is 6.38. The fraction of sp³-hybridized carbons (Fsp3) is 0.500. The van der Waals surface area contributed by atoms with Crippen LogP contribution in [0.2, 0.25) is 0 Å². The van der Waals surface area contributed by atoms with Crippen molar-refractivity contribution in [3.8, 4) is 6.07 Å². The van der Waals surface area contributed by atoms with Crippen LogP contribution in [0.4, 0.5) is 4.39 Å². The highest BCUT2D eigenvalue weighted by Gasteiger charge is 2.33. The zero-order valence-corrected chi connectivity index (χ0v) is 16.5. The maximum absolute atomic E-state index is 14.0. The Morgan fingerprint density at radius 3 is 2.50 bits per heavy atom. The van der Waals surface area contributed by atoms with Gasteiger partial charge in [0.15, 0.2) is 6.61 Å². The summed E-state index contributed by atoms with van der Waals surface area (Å²) in [6.45, 7) is -0.702. The molecule has 0 saturated heterocycles. The molecule has 1 aromatic carbocycles. The number of amides is 1. The van der Waals surface area contributed by atoms with Gasteiger partial charge in [0.05, 0.1) is 16.5 Å². The summed E-state index contributed by atoms with van der Waals surface area (Å²) >= 11 is 0. The van der Waals surface area contributed by atoms with Crippen molar-refractivity contribution in [2.24, 2.45) is 0 Å². The first-order valence-corrected chi connectivity index (χ1v) is 10.2. The molecule has 1 aliphatic carbocycles. The lowest BCUT2D eigenvalue weighted by Crippen LogP contribution is -2.50. The van der Waals surface area contributed by atoms with Crippen LogP contribution < -0.4 is 5.32 Å². The number of carbonyl (C=O) groups excluding carboxylic acids is 2. The van der Waals surface area contributed by atoms with Crippen LogP contribution in [0.1, 0.15) is 42.5 Å². The van der Waals surface area contributed by atoms with E-state index >= 15 is 0 Å². The van der Waals surface area contributed by atoms with Crippen LogP contribution in [-0.2, 0) is 19.6 Å². The minimum absolute atomic E-state index is 0.277. The van der Waals surface area contributed by atoms with E-state index in [4.69, 9.17) is 4.74 Å². The highest BCUT2D eigenvalue weighted by molar-refractivity contribution is 7.89. The van der Waals surface area contributed by atoms with Crippen LogP contribution >= 0.6 is 0 Å². The van der Waals surface area contributed by atoms with Crippen molar-refractivity contribution in [1.29, 1.82) is 5.26 Å². The number of nitrogens with one attached hydrogen (secondary N) is 1. The Labute approximate surface area is 163 Å². The standard InChI is InChI=1S/C18H22FN3O5S/c1-22(2)28(25,26)13-6-7-15(19)14(10-13)17(24)27-11-16(23)21-18(12-20)8-4-3-5-9-18/h6-7,10H,3-5,8-9,11H2,1-2H3,(H,21,23). The highest BCUT2D eigenvalue weighted by atomic mass is 32.2. The van der Waals surface area contributed by atoms with E-state index in [2.05, 4.69) is 11.4 Å². The van der Waals surface area contributed by atoms with Gasteiger partial charge in [-0.3, -0.25) is 4.79 Å². The number of esters is 1. The van der Waals surface area contributed by atoms with Crippen LogP contribution in [0, 0.1) is 17.1 Å². The molecule has 0 aliphatic heterocycles. The predicted molar refractivity (Wildman–Crippen MR) is 97.1 cm³/mol. The fourth-order valence-electron chi connectivity index (χ4n) is 2.96. The minimum atomic E-state index is -3.87. The average Bonchev–Trinajstić information content (AvgIpc) is 2.66. The summed E-state index contributed by atoms with van der Waals surface area (Å²) in [7, 11) is -1.26. The van der Waals surface area contributed by atoms with Crippen LogP contribution in [-0.4, -0.2) is 50.8 Å². The average molecular weight is 411 g/mol. The molecule has 152 valence electrons. The molecule has 2 rings (SSSR count). The number of nitrogens with zero attached hydrogens (tertiary/aromatic N) is 2. The van der Waals surface area contributed by atoms with E-state index < -0.39 is 45.4 Å². The minimum Gasteiger partial charge on any atom is -0.452 e. The monoisotopic (exact) mass is 411 g/mol. The van der Waals surface area contributed by atoms with Crippen LogP contribution in [0.15, 0.2) is 23.1 Å². The summed E-state index contributed by atoms with van der Waals surface area (Å²) in [6.07, 6.45) is 3.64. The van der Waals surface area contributed by atoms with Gasteiger partial charge in [-0.1, -0.05) is 19.3 Å². The Balaban J connectivity index is 2.07. The highest BCUT2D eigenvalue weighted by Crippen LogP contribution is 2.27. The van der Waals surface area contributed by atoms with Gasteiger partial charge >= 0.3 is 5.97 Å². The van der Waals surface area contributed by atoms with Crippen LogP contribution in [0.25, 0.3) is 0 Å². The summed E-state index contributed by atoms with van der Waals surface area (Å²) < 4.78 is 44.0. The lowest BCUT2D eigenvalue weighted by molar-refractivity contribution is -0.125. The first kappa shape index (κ1) is 21.8. The number of nitriles is 1. The van der Waals surface area contributed by atoms with Gasteiger partial charge in [0.1, 0.15) is 11.4 Å². The van der Waals surface area contributed by atoms with E-state index in [1.54, 1.807) is 0 Å². The van der Waals surface area contributed by atoms with Crippen molar-refractivity contribution >= 4 is 21.9 Å². The Morgan fingerprint density at radius 1 is 1.29 bits per heavy atom. The smallest absolute Gasteiger partial charge is 0.341 e. The topological polar surface area (TPSA) is 117 Å². The first-order chi connectivity index (χ1) is 13.1. The van der Waals surface area contributed by atoms with Crippen molar-refractivity contribution < 1.29 is 27.1 Å². The fourth-order valence-corrected chi connectivity index (χ4v) is 3.89. The van der Waals surface area contributed by atoms with E-state index in [0.717, 1.165) is 41.8 Å². The maximum atomic E-state index is 14.0. The zero-order chi connectivity index (χ0) is 20.9. The van der Waals surface area contributed by atoms with Gasteiger partial charge in [-0.25, -0.2) is 21.9 Å². The number of benzene rings is 1. The molecule has 0 radical (unpaired) electrons. The molecule has 1 fully saturated rings. The molecule has 0 bridgehead atoms. The van der Waals surface area contributed by atoms with Crippen molar-refractivity contribution in [3.63, 3.8) is 0 Å². The normalized spacial score (nSPS) is 16.2. The maximum Gasteiger partial charge on any atom is 0.341 e. The second-order valence-electron chi connectivity index (χ2n) is 6.81. The molecule has 28 heavy (non-hydrogen) atoms. The molecule has 0 unspecified atom stereocenters. The number of halogens is 1. The number of hydrogen-bond acceptors (Lipinski definition) is 6. The SMILES string of the molecule is CN(C)S(=O)(=O)c1ccc(F)c(C(=O)OCC(=O)NC2(C#N)CCCCC2)c1. The summed E-state index contributed by atoms with van der Waals surface area (Å²) in [5.74, 6) is -2.81. The molecular formula is C18H22FN3O5S. The molecule has 0 aromatic heterocycles. The van der Waals surface area contributed by atoms with E-state index in [9.17, 15) is 27.7 Å². The lowest BCUT2D eigenvalue weighted by atomic mass is 9.83. The second-order valence-corrected chi connectivity index (χ2v) is 8.96. The Bertz CT molecular complexity index is 902. The van der Waals surface area contributed by atoms with Crippen LogP contribution in [0.5, 0.6) is 0 Å².